The van der Waals surface area contributed by atoms with E-state index in [1.54, 1.807) is 6.07 Å². The molecular weight excluding hydrogens is 222 g/mol. The van der Waals surface area contributed by atoms with Crippen LogP contribution in [0.5, 0.6) is 0 Å². The monoisotopic (exact) mass is 239 g/mol. The van der Waals surface area contributed by atoms with Gasteiger partial charge in [0.15, 0.2) is 0 Å². The molecule has 1 heterocycles. The minimum Gasteiger partial charge on any atom is -0.467 e. The molecule has 1 amide bonds. The lowest BCUT2D eigenvalue weighted by molar-refractivity contribution is 0.0949. The third kappa shape index (κ3) is 2.85. The van der Waals surface area contributed by atoms with Crippen molar-refractivity contribution in [1.82, 2.24) is 10.3 Å². The summed E-state index contributed by atoms with van der Waals surface area (Å²) < 4.78 is 5.30. The zero-order valence-corrected chi connectivity index (χ0v) is 9.56. The van der Waals surface area contributed by atoms with Gasteiger partial charge >= 0.3 is 0 Å². The van der Waals surface area contributed by atoms with Crippen LogP contribution in [0.1, 0.15) is 29.0 Å². The number of aliphatic hydroxyl groups excluding tert-OH is 1. The molecular formula is C11H17N3O3. The van der Waals surface area contributed by atoms with Gasteiger partial charge in [-0.3, -0.25) is 15.1 Å². The summed E-state index contributed by atoms with van der Waals surface area (Å²) in [4.78, 5) is 13.6. The summed E-state index contributed by atoms with van der Waals surface area (Å²) in [5.74, 6) is 5.34. The minimum atomic E-state index is -0.353. The third-order valence-corrected chi connectivity index (χ3v) is 2.92. The molecule has 0 aliphatic heterocycles. The summed E-state index contributed by atoms with van der Waals surface area (Å²) in [6.07, 6.45) is 3.75. The van der Waals surface area contributed by atoms with Gasteiger partial charge in [0.25, 0.3) is 5.91 Å². The lowest BCUT2D eigenvalue weighted by Crippen LogP contribution is -2.32. The van der Waals surface area contributed by atoms with E-state index in [0.717, 1.165) is 12.8 Å². The first kappa shape index (κ1) is 12.1. The Labute approximate surface area is 99.3 Å². The topological polar surface area (TPSA) is 91.7 Å². The van der Waals surface area contributed by atoms with Gasteiger partial charge in [0, 0.05) is 12.6 Å². The van der Waals surface area contributed by atoms with Gasteiger partial charge in [-0.05, 0) is 18.9 Å². The first-order chi connectivity index (χ1) is 8.26. The maximum absolute atomic E-state index is 11.5. The number of hydrogen-bond donors (Lipinski definition) is 3. The molecule has 1 aliphatic carbocycles. The van der Waals surface area contributed by atoms with Gasteiger partial charge in [0.2, 0.25) is 0 Å². The fraction of sp³-hybridized carbons (Fsp3) is 0.545. The highest BCUT2D eigenvalue weighted by Crippen LogP contribution is 2.28. The summed E-state index contributed by atoms with van der Waals surface area (Å²) in [6.45, 7) is 1.23. The van der Waals surface area contributed by atoms with Crippen LogP contribution in [0.25, 0.3) is 0 Å². The zero-order valence-electron chi connectivity index (χ0n) is 9.56. The van der Waals surface area contributed by atoms with Crippen LogP contribution in [-0.2, 0) is 6.54 Å². The predicted molar refractivity (Wildman–Crippen MR) is 60.9 cm³/mol. The number of nitrogen functional groups attached to an aromatic ring is 1. The highest BCUT2D eigenvalue weighted by Gasteiger charge is 2.30. The number of hydrazine groups is 1. The van der Waals surface area contributed by atoms with Crippen molar-refractivity contribution in [2.75, 3.05) is 13.2 Å². The molecule has 1 fully saturated rings. The van der Waals surface area contributed by atoms with Crippen LogP contribution >= 0.6 is 0 Å². The van der Waals surface area contributed by atoms with Crippen molar-refractivity contribution >= 4 is 5.91 Å². The Morgan fingerprint density at radius 2 is 2.41 bits per heavy atom. The summed E-state index contributed by atoms with van der Waals surface area (Å²) in [6, 6.07) is 2.10. The molecule has 17 heavy (non-hydrogen) atoms. The molecule has 0 bridgehead atoms. The van der Waals surface area contributed by atoms with Crippen LogP contribution in [-0.4, -0.2) is 35.1 Å². The second-order valence-electron chi connectivity index (χ2n) is 4.16. The molecule has 1 saturated carbocycles. The minimum absolute atomic E-state index is 0.107. The Morgan fingerprint density at radius 1 is 1.65 bits per heavy atom. The first-order valence-corrected chi connectivity index (χ1v) is 5.68. The van der Waals surface area contributed by atoms with Crippen molar-refractivity contribution < 1.29 is 14.3 Å². The molecule has 0 saturated heterocycles. The van der Waals surface area contributed by atoms with E-state index >= 15 is 0 Å². The van der Waals surface area contributed by atoms with Gasteiger partial charge in [-0.15, -0.1) is 0 Å². The number of furan rings is 1. The summed E-state index contributed by atoms with van der Waals surface area (Å²) in [7, 11) is 0. The smallest absolute Gasteiger partial charge is 0.268 e. The van der Waals surface area contributed by atoms with E-state index in [2.05, 4.69) is 10.3 Å². The largest absolute Gasteiger partial charge is 0.467 e. The number of nitrogens with one attached hydrogen (secondary N) is 1. The fourth-order valence-corrected chi connectivity index (χ4v) is 1.89. The van der Waals surface area contributed by atoms with Crippen molar-refractivity contribution in [3.8, 4) is 0 Å². The lowest BCUT2D eigenvalue weighted by atomic mass is 10.2. The van der Waals surface area contributed by atoms with Crippen LogP contribution in [0.3, 0.4) is 0 Å². The predicted octanol–water partition coefficient (Wildman–Crippen LogP) is -0.160. The Balaban J connectivity index is 2.06. The molecule has 1 aliphatic rings. The molecule has 1 aromatic heterocycles. The maximum atomic E-state index is 11.5. The Bertz CT molecular complexity index is 387. The molecule has 1 aromatic rings. The Hall–Kier alpha value is -1.37. The number of aliphatic hydroxyl groups is 1. The summed E-state index contributed by atoms with van der Waals surface area (Å²) in [5.41, 5.74) is 2.55. The number of nitrogens with two attached hydrogens (primary N) is 1. The lowest BCUT2D eigenvalue weighted by Gasteiger charge is -2.19. The van der Waals surface area contributed by atoms with Gasteiger partial charge in [0.05, 0.1) is 25.0 Å². The van der Waals surface area contributed by atoms with Gasteiger partial charge < -0.3 is 9.52 Å². The zero-order chi connectivity index (χ0) is 12.3. The highest BCUT2D eigenvalue weighted by molar-refractivity contribution is 5.94. The molecule has 6 nitrogen and oxygen atoms in total. The van der Waals surface area contributed by atoms with Gasteiger partial charge in [-0.2, -0.15) is 0 Å². The van der Waals surface area contributed by atoms with E-state index in [-0.39, 0.29) is 12.5 Å². The molecule has 0 aromatic carbocycles. The average Bonchev–Trinajstić information content (AvgIpc) is 3.08. The van der Waals surface area contributed by atoms with E-state index in [0.29, 0.717) is 30.5 Å². The summed E-state index contributed by atoms with van der Waals surface area (Å²) in [5, 5.41) is 9.00. The van der Waals surface area contributed by atoms with Gasteiger partial charge in [-0.25, -0.2) is 5.84 Å². The number of hydrogen-bond acceptors (Lipinski definition) is 5. The quantitative estimate of drug-likeness (QED) is 0.364. The third-order valence-electron chi connectivity index (χ3n) is 2.92. The van der Waals surface area contributed by atoms with Crippen molar-refractivity contribution in [1.29, 1.82) is 0 Å². The van der Waals surface area contributed by atoms with Crippen LogP contribution in [0, 0.1) is 0 Å². The van der Waals surface area contributed by atoms with Crippen molar-refractivity contribution in [2.45, 2.75) is 25.4 Å². The standard InChI is InChI=1S/C11H17N3O3/c12-13-11(16)9-3-6-17-10(9)7-14(4-5-15)8-1-2-8/h3,6,8,15H,1-2,4-5,7,12H2,(H,13,16). The van der Waals surface area contributed by atoms with Gasteiger partial charge in [-0.1, -0.05) is 0 Å². The van der Waals surface area contributed by atoms with Crippen LogP contribution in [0.2, 0.25) is 0 Å². The summed E-state index contributed by atoms with van der Waals surface area (Å²) >= 11 is 0. The normalized spacial score (nSPS) is 15.2. The van der Waals surface area contributed by atoms with E-state index in [1.165, 1.54) is 6.26 Å². The van der Waals surface area contributed by atoms with E-state index in [4.69, 9.17) is 15.4 Å². The average molecular weight is 239 g/mol. The van der Waals surface area contributed by atoms with Crippen molar-refractivity contribution in [2.24, 2.45) is 5.84 Å². The second kappa shape index (κ2) is 5.31. The van der Waals surface area contributed by atoms with Crippen molar-refractivity contribution in [3.63, 3.8) is 0 Å². The fourth-order valence-electron chi connectivity index (χ4n) is 1.89. The second-order valence-corrected chi connectivity index (χ2v) is 4.16. The highest BCUT2D eigenvalue weighted by atomic mass is 16.3. The van der Waals surface area contributed by atoms with Gasteiger partial charge in [0.1, 0.15) is 5.76 Å². The molecule has 4 N–H and O–H groups in total. The molecule has 2 rings (SSSR count). The van der Waals surface area contributed by atoms with Crippen LogP contribution in [0.4, 0.5) is 0 Å². The molecule has 0 atom stereocenters. The van der Waals surface area contributed by atoms with E-state index in [1.807, 2.05) is 0 Å². The maximum Gasteiger partial charge on any atom is 0.268 e. The first-order valence-electron chi connectivity index (χ1n) is 5.68. The molecule has 6 heteroatoms. The molecule has 0 unspecified atom stereocenters. The van der Waals surface area contributed by atoms with Crippen LogP contribution in [0.15, 0.2) is 16.7 Å². The van der Waals surface area contributed by atoms with Crippen molar-refractivity contribution in [3.05, 3.63) is 23.7 Å². The number of nitrogens with zero attached hydrogens (tertiary/aromatic N) is 1. The number of carbonyl (C=O) groups is 1. The number of amides is 1. The SMILES string of the molecule is NNC(=O)c1ccoc1CN(CCO)C1CC1. The molecule has 0 radical (unpaired) electrons. The van der Waals surface area contributed by atoms with E-state index < -0.39 is 0 Å². The van der Waals surface area contributed by atoms with E-state index in [9.17, 15) is 4.79 Å². The Morgan fingerprint density at radius 3 is 3.00 bits per heavy atom. The number of rotatable bonds is 6. The Kier molecular flexibility index (Phi) is 3.78. The number of carbonyl (C=O) groups excluding carboxylic acids is 1. The molecule has 0 spiro atoms. The van der Waals surface area contributed by atoms with Crippen LogP contribution < -0.4 is 11.3 Å². The molecule has 94 valence electrons.